The third kappa shape index (κ3) is 3.96. The van der Waals surface area contributed by atoms with E-state index in [0.717, 1.165) is 19.5 Å². The molecule has 1 aromatic heterocycles. The lowest BCUT2D eigenvalue weighted by Gasteiger charge is -2.22. The Bertz CT molecular complexity index is 406. The zero-order valence-electron chi connectivity index (χ0n) is 10.2. The van der Waals surface area contributed by atoms with Crippen LogP contribution in [0.2, 0.25) is 5.02 Å². The summed E-state index contributed by atoms with van der Waals surface area (Å²) in [5.74, 6) is 0.208. The fraction of sp³-hybridized carbons (Fsp3) is 0.538. The number of esters is 1. The van der Waals surface area contributed by atoms with Gasteiger partial charge in [0.15, 0.2) is 0 Å². The van der Waals surface area contributed by atoms with Crippen molar-refractivity contribution in [3.05, 3.63) is 29.0 Å². The van der Waals surface area contributed by atoms with Crippen molar-refractivity contribution in [1.82, 2.24) is 10.3 Å². The van der Waals surface area contributed by atoms with Crippen LogP contribution in [0.15, 0.2) is 18.3 Å². The van der Waals surface area contributed by atoms with Crippen molar-refractivity contribution >= 4 is 17.6 Å². The summed E-state index contributed by atoms with van der Waals surface area (Å²) < 4.78 is 5.20. The standard InChI is InChI=1S/C13H17ClN2O2/c14-11-3-6-16-12(8-11)13(17)18-7-4-10-2-1-5-15-9-10/h3,6,8,10,15H,1-2,4-5,7,9H2/t10-/m0/s1. The molecule has 4 nitrogen and oxygen atoms in total. The van der Waals surface area contributed by atoms with Crippen LogP contribution in [0.25, 0.3) is 0 Å². The molecule has 1 fully saturated rings. The van der Waals surface area contributed by atoms with E-state index in [2.05, 4.69) is 10.3 Å². The summed E-state index contributed by atoms with van der Waals surface area (Å²) in [4.78, 5) is 15.6. The molecular weight excluding hydrogens is 252 g/mol. The number of rotatable bonds is 4. The summed E-state index contributed by atoms with van der Waals surface area (Å²) in [5.41, 5.74) is 0.268. The molecule has 1 atom stereocenters. The van der Waals surface area contributed by atoms with Gasteiger partial charge in [-0.25, -0.2) is 9.78 Å². The number of carbonyl (C=O) groups excluding carboxylic acids is 1. The second-order valence-corrected chi connectivity index (χ2v) is 4.93. The van der Waals surface area contributed by atoms with Crippen molar-refractivity contribution < 1.29 is 9.53 Å². The molecule has 0 amide bonds. The largest absolute Gasteiger partial charge is 0.461 e. The zero-order valence-corrected chi connectivity index (χ0v) is 10.9. The van der Waals surface area contributed by atoms with Gasteiger partial charge in [-0.2, -0.15) is 0 Å². The van der Waals surface area contributed by atoms with Gasteiger partial charge in [0.05, 0.1) is 6.61 Å². The Morgan fingerprint density at radius 1 is 1.61 bits per heavy atom. The van der Waals surface area contributed by atoms with E-state index in [-0.39, 0.29) is 5.69 Å². The monoisotopic (exact) mass is 268 g/mol. The number of carbonyl (C=O) groups is 1. The van der Waals surface area contributed by atoms with E-state index in [9.17, 15) is 4.79 Å². The summed E-state index contributed by atoms with van der Waals surface area (Å²) in [5, 5.41) is 3.84. The molecule has 18 heavy (non-hydrogen) atoms. The lowest BCUT2D eigenvalue weighted by molar-refractivity contribution is 0.0470. The van der Waals surface area contributed by atoms with Gasteiger partial charge in [-0.05, 0) is 50.4 Å². The fourth-order valence-electron chi connectivity index (χ4n) is 2.08. The molecule has 1 N–H and O–H groups in total. The Morgan fingerprint density at radius 2 is 2.50 bits per heavy atom. The van der Waals surface area contributed by atoms with Gasteiger partial charge in [-0.3, -0.25) is 0 Å². The summed E-state index contributed by atoms with van der Waals surface area (Å²) in [6, 6.07) is 3.15. The molecule has 0 unspecified atom stereocenters. The van der Waals surface area contributed by atoms with Gasteiger partial charge in [0.25, 0.3) is 0 Å². The minimum absolute atomic E-state index is 0.268. The van der Waals surface area contributed by atoms with E-state index in [1.165, 1.54) is 25.1 Å². The van der Waals surface area contributed by atoms with Crippen LogP contribution in [0.3, 0.4) is 0 Å². The second-order valence-electron chi connectivity index (χ2n) is 4.50. The van der Waals surface area contributed by atoms with Crippen molar-refractivity contribution in [1.29, 1.82) is 0 Å². The number of hydrogen-bond acceptors (Lipinski definition) is 4. The van der Waals surface area contributed by atoms with Crippen molar-refractivity contribution in [3.8, 4) is 0 Å². The average molecular weight is 269 g/mol. The maximum absolute atomic E-state index is 11.7. The fourth-order valence-corrected chi connectivity index (χ4v) is 2.24. The Balaban J connectivity index is 1.74. The van der Waals surface area contributed by atoms with E-state index < -0.39 is 5.97 Å². The van der Waals surface area contributed by atoms with Crippen molar-refractivity contribution in [2.45, 2.75) is 19.3 Å². The van der Waals surface area contributed by atoms with Crippen molar-refractivity contribution in [2.75, 3.05) is 19.7 Å². The Kier molecular flexibility index (Phi) is 4.96. The van der Waals surface area contributed by atoms with Crippen molar-refractivity contribution in [2.24, 2.45) is 5.92 Å². The SMILES string of the molecule is O=C(OCC[C@@H]1CCCNC1)c1cc(Cl)ccn1. The molecule has 98 valence electrons. The maximum Gasteiger partial charge on any atom is 0.356 e. The molecule has 0 aromatic carbocycles. The molecule has 5 heteroatoms. The Labute approximate surface area is 112 Å². The Hall–Kier alpha value is -1.13. The number of hydrogen-bond donors (Lipinski definition) is 1. The number of nitrogens with one attached hydrogen (secondary N) is 1. The minimum Gasteiger partial charge on any atom is -0.461 e. The van der Waals surface area contributed by atoms with E-state index in [4.69, 9.17) is 16.3 Å². The van der Waals surface area contributed by atoms with Crippen LogP contribution in [-0.4, -0.2) is 30.6 Å². The summed E-state index contributed by atoms with van der Waals surface area (Å²) in [6.07, 6.45) is 4.82. The molecule has 1 aromatic rings. The van der Waals surface area contributed by atoms with Crippen molar-refractivity contribution in [3.63, 3.8) is 0 Å². The normalized spacial score (nSPS) is 19.5. The average Bonchev–Trinajstić information content (AvgIpc) is 2.40. The highest BCUT2D eigenvalue weighted by molar-refractivity contribution is 6.30. The van der Waals surface area contributed by atoms with Gasteiger partial charge in [0.1, 0.15) is 5.69 Å². The smallest absolute Gasteiger partial charge is 0.356 e. The number of halogens is 1. The number of piperidine rings is 1. The highest BCUT2D eigenvalue weighted by atomic mass is 35.5. The molecule has 0 aliphatic carbocycles. The third-order valence-corrected chi connectivity index (χ3v) is 3.32. The summed E-state index contributed by atoms with van der Waals surface area (Å²) in [6.45, 7) is 2.56. The lowest BCUT2D eigenvalue weighted by Crippen LogP contribution is -2.30. The number of nitrogens with zero attached hydrogens (tertiary/aromatic N) is 1. The van der Waals surface area contributed by atoms with E-state index in [1.807, 2.05) is 0 Å². The molecule has 0 bridgehead atoms. The van der Waals surface area contributed by atoms with Crippen LogP contribution < -0.4 is 5.32 Å². The quantitative estimate of drug-likeness (QED) is 0.852. The van der Waals surface area contributed by atoms with Crippen LogP contribution >= 0.6 is 11.6 Å². The van der Waals surface area contributed by atoms with Gasteiger partial charge in [0.2, 0.25) is 0 Å². The topological polar surface area (TPSA) is 51.2 Å². The molecule has 2 rings (SSSR count). The van der Waals surface area contributed by atoms with E-state index >= 15 is 0 Å². The predicted octanol–water partition coefficient (Wildman–Crippen LogP) is 2.28. The molecule has 0 radical (unpaired) electrons. The van der Waals surface area contributed by atoms with Gasteiger partial charge in [-0.1, -0.05) is 11.6 Å². The van der Waals surface area contributed by atoms with Gasteiger partial charge < -0.3 is 10.1 Å². The first-order valence-electron chi connectivity index (χ1n) is 6.25. The number of pyridine rings is 1. The van der Waals surface area contributed by atoms with Gasteiger partial charge >= 0.3 is 5.97 Å². The molecule has 1 saturated heterocycles. The lowest BCUT2D eigenvalue weighted by atomic mass is 9.97. The third-order valence-electron chi connectivity index (χ3n) is 3.09. The predicted molar refractivity (Wildman–Crippen MR) is 69.7 cm³/mol. The summed E-state index contributed by atoms with van der Waals surface area (Å²) in [7, 11) is 0. The molecule has 0 spiro atoms. The molecular formula is C13H17ClN2O2. The maximum atomic E-state index is 11.7. The molecule has 2 heterocycles. The number of aromatic nitrogens is 1. The van der Waals surface area contributed by atoms with Crippen LogP contribution in [-0.2, 0) is 4.74 Å². The molecule has 0 saturated carbocycles. The van der Waals surface area contributed by atoms with Crippen LogP contribution in [0, 0.1) is 5.92 Å². The van der Waals surface area contributed by atoms with Gasteiger partial charge in [-0.15, -0.1) is 0 Å². The van der Waals surface area contributed by atoms with Crippen LogP contribution in [0.4, 0.5) is 0 Å². The van der Waals surface area contributed by atoms with Crippen LogP contribution in [0.1, 0.15) is 29.8 Å². The van der Waals surface area contributed by atoms with Gasteiger partial charge in [0, 0.05) is 11.2 Å². The first kappa shape index (κ1) is 13.3. The second kappa shape index (κ2) is 6.71. The first-order chi connectivity index (χ1) is 8.75. The van der Waals surface area contributed by atoms with E-state index in [0.29, 0.717) is 17.5 Å². The molecule has 1 aliphatic rings. The summed E-state index contributed by atoms with van der Waals surface area (Å²) >= 11 is 5.79. The highest BCUT2D eigenvalue weighted by Crippen LogP contribution is 2.14. The van der Waals surface area contributed by atoms with E-state index in [1.54, 1.807) is 6.07 Å². The Morgan fingerprint density at radius 3 is 3.22 bits per heavy atom. The minimum atomic E-state index is -0.402. The van der Waals surface area contributed by atoms with Crippen LogP contribution in [0.5, 0.6) is 0 Å². The first-order valence-corrected chi connectivity index (χ1v) is 6.63. The molecule has 1 aliphatic heterocycles. The zero-order chi connectivity index (χ0) is 12.8. The number of ether oxygens (including phenoxy) is 1. The highest BCUT2D eigenvalue weighted by Gasteiger charge is 2.14.